The molecule has 0 aliphatic carbocycles. The first-order chi connectivity index (χ1) is 9.58. The van der Waals surface area contributed by atoms with Crippen molar-refractivity contribution < 1.29 is 13.9 Å². The summed E-state index contributed by atoms with van der Waals surface area (Å²) in [5.41, 5.74) is -0.0888. The van der Waals surface area contributed by atoms with Crippen LogP contribution in [0, 0.1) is 6.92 Å². The Bertz CT molecular complexity index is 494. The van der Waals surface area contributed by atoms with E-state index in [1.54, 1.807) is 11.8 Å². The predicted octanol–water partition coefficient (Wildman–Crippen LogP) is 0.315. The molecule has 0 N–H and O–H groups in total. The number of rotatable bonds is 1. The fourth-order valence-electron chi connectivity index (χ4n) is 2.97. The molecule has 1 amide bonds. The summed E-state index contributed by atoms with van der Waals surface area (Å²) in [5.74, 6) is 0.323. The number of aryl methyl sites for hydroxylation is 1. The van der Waals surface area contributed by atoms with Crippen LogP contribution in [-0.2, 0) is 4.74 Å². The average molecular weight is 280 g/mol. The van der Waals surface area contributed by atoms with E-state index in [9.17, 15) is 4.79 Å². The van der Waals surface area contributed by atoms with Crippen LogP contribution in [0.3, 0.4) is 0 Å². The van der Waals surface area contributed by atoms with Crippen molar-refractivity contribution in [3.63, 3.8) is 0 Å². The second-order valence-electron chi connectivity index (χ2n) is 5.69. The number of amides is 1. The van der Waals surface area contributed by atoms with Gasteiger partial charge in [0.2, 0.25) is 5.89 Å². The van der Waals surface area contributed by atoms with Gasteiger partial charge in [-0.3, -0.25) is 4.79 Å². The van der Waals surface area contributed by atoms with Crippen LogP contribution in [0.4, 0.5) is 0 Å². The molecule has 2 aliphatic heterocycles. The molecule has 1 spiro atoms. The quantitative estimate of drug-likeness (QED) is 0.737. The van der Waals surface area contributed by atoms with Crippen molar-refractivity contribution in [2.45, 2.75) is 25.4 Å². The zero-order valence-electron chi connectivity index (χ0n) is 12.0. The van der Waals surface area contributed by atoms with E-state index in [2.05, 4.69) is 22.1 Å². The number of nitrogens with zero attached hydrogens (tertiary/aromatic N) is 4. The van der Waals surface area contributed by atoms with Crippen LogP contribution in [0.1, 0.15) is 29.4 Å². The number of carbonyl (C=O) groups is 1. The van der Waals surface area contributed by atoms with Crippen molar-refractivity contribution in [3.8, 4) is 0 Å². The molecule has 1 aromatic rings. The van der Waals surface area contributed by atoms with Crippen LogP contribution < -0.4 is 0 Å². The smallest absolute Gasteiger partial charge is 0.311 e. The topological polar surface area (TPSA) is 71.7 Å². The molecule has 1 aromatic heterocycles. The summed E-state index contributed by atoms with van der Waals surface area (Å²) in [4.78, 5) is 16.3. The van der Waals surface area contributed by atoms with Crippen molar-refractivity contribution in [2.75, 3.05) is 39.8 Å². The Morgan fingerprint density at radius 1 is 1.25 bits per heavy atom. The van der Waals surface area contributed by atoms with Gasteiger partial charge in [0.1, 0.15) is 0 Å². The molecule has 3 heterocycles. The normalized spacial score (nSPS) is 23.2. The fraction of sp³-hybridized carbons (Fsp3) is 0.769. The van der Waals surface area contributed by atoms with Crippen molar-refractivity contribution in [1.29, 1.82) is 0 Å². The van der Waals surface area contributed by atoms with Gasteiger partial charge in [0, 0.05) is 33.1 Å². The maximum absolute atomic E-state index is 12.2. The third-order valence-electron chi connectivity index (χ3n) is 4.11. The number of ether oxygens (including phenoxy) is 1. The molecule has 3 rings (SSSR count). The molecule has 0 bridgehead atoms. The minimum atomic E-state index is -0.176. The Kier molecular flexibility index (Phi) is 3.47. The van der Waals surface area contributed by atoms with Gasteiger partial charge in [0.05, 0.1) is 12.2 Å². The highest BCUT2D eigenvalue weighted by Gasteiger charge is 2.40. The van der Waals surface area contributed by atoms with Gasteiger partial charge in [-0.1, -0.05) is 0 Å². The SMILES string of the molecule is Cc1nnc(C(=O)N2CCC3(CC2)CN(C)CCO3)o1. The van der Waals surface area contributed by atoms with Crippen LogP contribution in [-0.4, -0.2) is 71.3 Å². The highest BCUT2D eigenvalue weighted by Crippen LogP contribution is 2.30. The first-order valence-corrected chi connectivity index (χ1v) is 7.00. The summed E-state index contributed by atoms with van der Waals surface area (Å²) >= 11 is 0. The van der Waals surface area contributed by atoms with E-state index in [1.807, 2.05) is 0 Å². The Morgan fingerprint density at radius 3 is 2.60 bits per heavy atom. The van der Waals surface area contributed by atoms with E-state index < -0.39 is 0 Å². The van der Waals surface area contributed by atoms with Crippen LogP contribution >= 0.6 is 0 Å². The van der Waals surface area contributed by atoms with Gasteiger partial charge >= 0.3 is 11.8 Å². The summed E-state index contributed by atoms with van der Waals surface area (Å²) in [6.45, 7) is 5.72. The molecule has 0 atom stereocenters. The molecular weight excluding hydrogens is 260 g/mol. The number of hydrogen-bond acceptors (Lipinski definition) is 6. The first kappa shape index (κ1) is 13.5. The molecule has 2 fully saturated rings. The largest absolute Gasteiger partial charge is 0.417 e. The monoisotopic (exact) mass is 280 g/mol. The van der Waals surface area contributed by atoms with E-state index in [-0.39, 0.29) is 17.4 Å². The molecule has 2 saturated heterocycles. The van der Waals surface area contributed by atoms with Gasteiger partial charge in [-0.2, -0.15) is 0 Å². The van der Waals surface area contributed by atoms with Gasteiger partial charge in [0.25, 0.3) is 0 Å². The Balaban J connectivity index is 1.62. The van der Waals surface area contributed by atoms with Gasteiger partial charge in [0.15, 0.2) is 0 Å². The average Bonchev–Trinajstić information content (AvgIpc) is 2.85. The lowest BCUT2D eigenvalue weighted by Gasteiger charge is -2.46. The minimum Gasteiger partial charge on any atom is -0.417 e. The number of aromatic nitrogens is 2. The third-order valence-corrected chi connectivity index (χ3v) is 4.11. The minimum absolute atomic E-state index is 0.0835. The molecule has 0 unspecified atom stereocenters. The van der Waals surface area contributed by atoms with Crippen LogP contribution in [0.15, 0.2) is 4.42 Å². The van der Waals surface area contributed by atoms with Crippen LogP contribution in [0.5, 0.6) is 0 Å². The molecule has 7 nitrogen and oxygen atoms in total. The van der Waals surface area contributed by atoms with E-state index >= 15 is 0 Å². The van der Waals surface area contributed by atoms with Crippen molar-refractivity contribution in [2.24, 2.45) is 0 Å². The molecule has 0 saturated carbocycles. The summed E-state index contributed by atoms with van der Waals surface area (Å²) in [6.07, 6.45) is 1.71. The van der Waals surface area contributed by atoms with Crippen molar-refractivity contribution >= 4 is 5.91 Å². The summed E-state index contributed by atoms with van der Waals surface area (Å²) < 4.78 is 11.2. The van der Waals surface area contributed by atoms with Gasteiger partial charge in [-0.15, -0.1) is 10.2 Å². The Morgan fingerprint density at radius 2 is 2.00 bits per heavy atom. The van der Waals surface area contributed by atoms with Gasteiger partial charge in [-0.05, 0) is 19.9 Å². The van der Waals surface area contributed by atoms with E-state index in [0.717, 1.165) is 32.5 Å². The number of carbonyl (C=O) groups excluding carboxylic acids is 1. The van der Waals surface area contributed by atoms with Gasteiger partial charge in [-0.25, -0.2) is 0 Å². The molecular formula is C13H20N4O3. The number of likely N-dealkylation sites (tertiary alicyclic amines) is 1. The predicted molar refractivity (Wildman–Crippen MR) is 70.4 cm³/mol. The third kappa shape index (κ3) is 2.55. The highest BCUT2D eigenvalue weighted by molar-refractivity contribution is 5.89. The zero-order chi connectivity index (χ0) is 14.2. The lowest BCUT2D eigenvalue weighted by Crippen LogP contribution is -2.56. The second-order valence-corrected chi connectivity index (χ2v) is 5.69. The number of hydrogen-bond donors (Lipinski definition) is 0. The standard InChI is InChI=1S/C13H20N4O3/c1-10-14-15-11(20-10)12(18)17-5-3-13(4-6-17)9-16(2)7-8-19-13/h3-9H2,1-2H3. The van der Waals surface area contributed by atoms with Crippen molar-refractivity contribution in [3.05, 3.63) is 11.8 Å². The fourth-order valence-corrected chi connectivity index (χ4v) is 2.97. The first-order valence-electron chi connectivity index (χ1n) is 7.00. The molecule has 0 radical (unpaired) electrons. The lowest BCUT2D eigenvalue weighted by molar-refractivity contribution is -0.127. The molecule has 7 heteroatoms. The van der Waals surface area contributed by atoms with Crippen molar-refractivity contribution in [1.82, 2.24) is 20.0 Å². The molecule has 2 aliphatic rings. The Hall–Kier alpha value is -1.47. The maximum Gasteiger partial charge on any atom is 0.311 e. The van der Waals surface area contributed by atoms with E-state index in [4.69, 9.17) is 9.15 Å². The van der Waals surface area contributed by atoms with E-state index in [0.29, 0.717) is 19.0 Å². The number of likely N-dealkylation sites (N-methyl/N-ethyl adjacent to an activating group) is 1. The lowest BCUT2D eigenvalue weighted by atomic mass is 9.89. The molecule has 110 valence electrons. The number of morpholine rings is 1. The van der Waals surface area contributed by atoms with Crippen LogP contribution in [0.2, 0.25) is 0 Å². The summed E-state index contributed by atoms with van der Waals surface area (Å²) in [7, 11) is 2.11. The maximum atomic E-state index is 12.2. The van der Waals surface area contributed by atoms with E-state index in [1.165, 1.54) is 0 Å². The molecule has 20 heavy (non-hydrogen) atoms. The summed E-state index contributed by atoms with van der Waals surface area (Å²) in [6, 6.07) is 0. The Labute approximate surface area is 117 Å². The number of piperidine rings is 1. The summed E-state index contributed by atoms with van der Waals surface area (Å²) in [5, 5.41) is 7.49. The molecule has 0 aromatic carbocycles. The van der Waals surface area contributed by atoms with Crippen LogP contribution in [0.25, 0.3) is 0 Å². The highest BCUT2D eigenvalue weighted by atomic mass is 16.5. The second kappa shape index (κ2) is 5.14. The zero-order valence-corrected chi connectivity index (χ0v) is 12.0. The van der Waals surface area contributed by atoms with Gasteiger partial charge < -0.3 is 19.0 Å².